The molecule has 1 saturated heterocycles. The molecule has 2 aliphatic rings. The molecule has 0 amide bonds. The minimum Gasteiger partial charge on any atom is -0.489 e. The lowest BCUT2D eigenvalue weighted by Gasteiger charge is -2.38. The fourth-order valence-corrected chi connectivity index (χ4v) is 3.76. The molecule has 114 valence electrons. The van der Waals surface area contributed by atoms with Gasteiger partial charge in [0.1, 0.15) is 17.7 Å². The van der Waals surface area contributed by atoms with Crippen LogP contribution in [-0.4, -0.2) is 24.1 Å². The van der Waals surface area contributed by atoms with Gasteiger partial charge in [-0.25, -0.2) is 0 Å². The zero-order valence-corrected chi connectivity index (χ0v) is 12.8. The third-order valence-electron chi connectivity index (χ3n) is 4.50. The highest BCUT2D eigenvalue weighted by Gasteiger charge is 2.40. The summed E-state index contributed by atoms with van der Waals surface area (Å²) in [6.45, 7) is 0.737. The highest BCUT2D eigenvalue weighted by atomic mass is 35.5. The summed E-state index contributed by atoms with van der Waals surface area (Å²) in [4.78, 5) is 0. The van der Waals surface area contributed by atoms with E-state index in [2.05, 4.69) is 0 Å². The Balaban J connectivity index is 1.77. The largest absolute Gasteiger partial charge is 0.489 e. The summed E-state index contributed by atoms with van der Waals surface area (Å²) in [5, 5.41) is 8.14. The van der Waals surface area contributed by atoms with Gasteiger partial charge in [0.2, 0.25) is 0 Å². The molecule has 1 spiro atoms. The Hall–Kier alpha value is -1.26. The van der Waals surface area contributed by atoms with E-state index in [-0.39, 0.29) is 17.5 Å². The van der Waals surface area contributed by atoms with Crippen molar-refractivity contribution in [3.05, 3.63) is 28.8 Å². The van der Waals surface area contributed by atoms with Crippen LogP contribution in [0.1, 0.15) is 44.1 Å². The van der Waals surface area contributed by atoms with Crippen molar-refractivity contribution in [2.24, 2.45) is 5.73 Å². The molecular formula is C16H21ClN2O2. The van der Waals surface area contributed by atoms with Gasteiger partial charge in [0.25, 0.3) is 0 Å². The zero-order valence-electron chi connectivity index (χ0n) is 12.0. The first-order chi connectivity index (χ1) is 10.1. The summed E-state index contributed by atoms with van der Waals surface area (Å²) in [6.07, 6.45) is 6.62. The molecule has 21 heavy (non-hydrogen) atoms. The van der Waals surface area contributed by atoms with Gasteiger partial charge >= 0.3 is 0 Å². The number of hydrogen-bond donors (Lipinski definition) is 2. The molecule has 1 atom stereocenters. The van der Waals surface area contributed by atoms with Crippen LogP contribution in [0, 0.1) is 5.41 Å². The predicted molar refractivity (Wildman–Crippen MR) is 83.3 cm³/mol. The molecule has 3 N–H and O–H groups in total. The van der Waals surface area contributed by atoms with E-state index < -0.39 is 0 Å². The Morgan fingerprint density at radius 1 is 1.38 bits per heavy atom. The number of benzene rings is 1. The Labute approximate surface area is 130 Å². The van der Waals surface area contributed by atoms with Gasteiger partial charge in [-0.3, -0.25) is 5.41 Å². The Kier molecular flexibility index (Phi) is 4.09. The number of rotatable bonds is 3. The zero-order chi connectivity index (χ0) is 14.9. The molecular weight excluding hydrogens is 288 g/mol. The van der Waals surface area contributed by atoms with Crippen molar-refractivity contribution in [1.29, 1.82) is 5.41 Å². The summed E-state index contributed by atoms with van der Waals surface area (Å²) < 4.78 is 12.2. The molecule has 1 aliphatic carbocycles. The maximum absolute atomic E-state index is 7.68. The number of nitrogens with one attached hydrogen (secondary N) is 1. The van der Waals surface area contributed by atoms with Crippen molar-refractivity contribution >= 4 is 17.4 Å². The van der Waals surface area contributed by atoms with Gasteiger partial charge in [0, 0.05) is 12.8 Å². The van der Waals surface area contributed by atoms with Crippen molar-refractivity contribution < 1.29 is 9.47 Å². The van der Waals surface area contributed by atoms with E-state index in [9.17, 15) is 0 Å². The molecule has 0 bridgehead atoms. The first-order valence-corrected chi connectivity index (χ1v) is 7.91. The highest BCUT2D eigenvalue weighted by molar-refractivity contribution is 6.34. The number of hydrogen-bond acceptors (Lipinski definition) is 3. The minimum absolute atomic E-state index is 0.0118. The Bertz CT molecular complexity index is 541. The Morgan fingerprint density at radius 2 is 2.14 bits per heavy atom. The van der Waals surface area contributed by atoms with E-state index in [1.54, 1.807) is 6.07 Å². The summed E-state index contributed by atoms with van der Waals surface area (Å²) in [7, 11) is 0. The molecule has 1 aromatic rings. The minimum atomic E-state index is -0.0572. The molecule has 1 aromatic carbocycles. The first kappa shape index (κ1) is 14.7. The van der Waals surface area contributed by atoms with Crippen LogP contribution < -0.4 is 10.5 Å². The smallest absolute Gasteiger partial charge is 0.132 e. The lowest BCUT2D eigenvalue weighted by Crippen LogP contribution is -2.41. The van der Waals surface area contributed by atoms with Gasteiger partial charge < -0.3 is 15.2 Å². The SMILES string of the molecule is N=C(N)c1c(Cl)cccc1OC1CCOC2(CCCC2)C1. The molecule has 1 aliphatic heterocycles. The van der Waals surface area contributed by atoms with Crippen molar-refractivity contribution in [2.75, 3.05) is 6.61 Å². The third kappa shape index (κ3) is 3.01. The van der Waals surface area contributed by atoms with Gasteiger partial charge in [-0.1, -0.05) is 30.5 Å². The number of halogens is 1. The average molecular weight is 309 g/mol. The molecule has 1 saturated carbocycles. The van der Waals surface area contributed by atoms with Crippen LogP contribution in [0.25, 0.3) is 0 Å². The van der Waals surface area contributed by atoms with E-state index in [1.807, 2.05) is 12.1 Å². The monoisotopic (exact) mass is 308 g/mol. The van der Waals surface area contributed by atoms with Crippen LogP contribution >= 0.6 is 11.6 Å². The van der Waals surface area contributed by atoms with E-state index in [1.165, 1.54) is 12.8 Å². The summed E-state index contributed by atoms with van der Waals surface area (Å²) >= 11 is 6.14. The van der Waals surface area contributed by atoms with Crippen LogP contribution in [0.4, 0.5) is 0 Å². The maximum Gasteiger partial charge on any atom is 0.132 e. The molecule has 3 rings (SSSR count). The van der Waals surface area contributed by atoms with Crippen LogP contribution in [0.2, 0.25) is 5.02 Å². The van der Waals surface area contributed by atoms with Crippen molar-refractivity contribution in [3.8, 4) is 5.75 Å². The normalized spacial score (nSPS) is 24.1. The molecule has 1 heterocycles. The quantitative estimate of drug-likeness (QED) is 0.663. The second kappa shape index (κ2) is 5.85. The lowest BCUT2D eigenvalue weighted by atomic mass is 9.90. The standard InChI is InChI=1S/C16H21ClN2O2/c17-12-4-3-5-13(14(12)15(18)19)21-11-6-9-20-16(10-11)7-1-2-8-16/h3-5,11H,1-2,6-10H2,(H3,18,19). The molecule has 2 fully saturated rings. The molecule has 0 radical (unpaired) electrons. The summed E-state index contributed by atoms with van der Waals surface area (Å²) in [5.41, 5.74) is 6.13. The first-order valence-electron chi connectivity index (χ1n) is 7.53. The van der Waals surface area contributed by atoms with E-state index in [0.29, 0.717) is 16.3 Å². The van der Waals surface area contributed by atoms with Gasteiger partial charge in [0.05, 0.1) is 22.8 Å². The molecule has 1 unspecified atom stereocenters. The lowest BCUT2D eigenvalue weighted by molar-refractivity contribution is -0.108. The van der Waals surface area contributed by atoms with Crippen molar-refractivity contribution in [2.45, 2.75) is 50.2 Å². The van der Waals surface area contributed by atoms with Crippen LogP contribution in [-0.2, 0) is 4.74 Å². The fraction of sp³-hybridized carbons (Fsp3) is 0.562. The third-order valence-corrected chi connectivity index (χ3v) is 4.82. The van der Waals surface area contributed by atoms with Crippen LogP contribution in [0.15, 0.2) is 18.2 Å². The highest BCUT2D eigenvalue weighted by Crippen LogP contribution is 2.41. The van der Waals surface area contributed by atoms with Gasteiger partial charge in [-0.05, 0) is 25.0 Å². The summed E-state index contributed by atoms with van der Waals surface area (Å²) in [6, 6.07) is 5.39. The second-order valence-electron chi connectivity index (χ2n) is 6.00. The Morgan fingerprint density at radius 3 is 2.86 bits per heavy atom. The molecule has 0 aromatic heterocycles. The number of nitrogens with two attached hydrogens (primary N) is 1. The second-order valence-corrected chi connectivity index (χ2v) is 6.41. The number of amidine groups is 1. The van der Waals surface area contributed by atoms with Gasteiger partial charge in [0.15, 0.2) is 0 Å². The maximum atomic E-state index is 7.68. The van der Waals surface area contributed by atoms with E-state index in [0.717, 1.165) is 32.3 Å². The van der Waals surface area contributed by atoms with Gasteiger partial charge in [-0.2, -0.15) is 0 Å². The van der Waals surface area contributed by atoms with Crippen LogP contribution in [0.5, 0.6) is 5.75 Å². The number of ether oxygens (including phenoxy) is 2. The van der Waals surface area contributed by atoms with Crippen LogP contribution in [0.3, 0.4) is 0 Å². The van der Waals surface area contributed by atoms with E-state index in [4.69, 9.17) is 32.2 Å². The van der Waals surface area contributed by atoms with E-state index >= 15 is 0 Å². The van der Waals surface area contributed by atoms with Crippen molar-refractivity contribution in [3.63, 3.8) is 0 Å². The average Bonchev–Trinajstić information content (AvgIpc) is 2.86. The fourth-order valence-electron chi connectivity index (χ4n) is 3.49. The number of nitrogen functional groups attached to an aromatic ring is 1. The summed E-state index contributed by atoms with van der Waals surface area (Å²) in [5.74, 6) is 0.549. The topological polar surface area (TPSA) is 68.3 Å². The molecule has 4 nitrogen and oxygen atoms in total. The van der Waals surface area contributed by atoms with Crippen molar-refractivity contribution in [1.82, 2.24) is 0 Å². The predicted octanol–water partition coefficient (Wildman–Crippen LogP) is 3.49. The van der Waals surface area contributed by atoms with Gasteiger partial charge in [-0.15, -0.1) is 0 Å². The molecule has 5 heteroatoms.